The molecule has 3 N–H and O–H groups in total. The minimum absolute atomic E-state index is 0.229. The first-order valence-electron chi connectivity index (χ1n) is 19.4. The van der Waals surface area contributed by atoms with E-state index in [0.717, 1.165) is 32.1 Å². The van der Waals surface area contributed by atoms with Crippen LogP contribution in [0.1, 0.15) is 194 Å². The zero-order valence-corrected chi connectivity index (χ0v) is 29.8. The van der Waals surface area contributed by atoms with Crippen LogP contribution >= 0.6 is 0 Å². The van der Waals surface area contributed by atoms with Gasteiger partial charge in [0.15, 0.2) is 0 Å². The highest BCUT2D eigenvalue weighted by Gasteiger charge is 2.54. The maximum Gasteiger partial charge on any atom is 0.305 e. The molecule has 8 heteroatoms. The lowest BCUT2D eigenvalue weighted by Gasteiger charge is -2.25. The Hall–Kier alpha value is -1.22. The molecule has 0 spiro atoms. The van der Waals surface area contributed by atoms with E-state index in [0.29, 0.717) is 6.42 Å². The second kappa shape index (κ2) is 28.8. The highest BCUT2D eigenvalue weighted by atomic mass is 16.7. The Morgan fingerprint density at radius 3 is 1.24 bits per heavy atom. The van der Waals surface area contributed by atoms with Crippen LogP contribution in [0.25, 0.3) is 0 Å². The summed E-state index contributed by atoms with van der Waals surface area (Å²) in [6.07, 6.45) is 28.0. The first-order chi connectivity index (χ1) is 22.3. The highest BCUT2D eigenvalue weighted by Crippen LogP contribution is 2.30. The van der Waals surface area contributed by atoms with Crippen molar-refractivity contribution in [2.45, 2.75) is 218 Å². The molecule has 0 aromatic rings. The van der Waals surface area contributed by atoms with Crippen molar-refractivity contribution in [1.29, 1.82) is 0 Å². The molecule has 0 bridgehead atoms. The molecular weight excluding hydrogens is 584 g/mol. The second-order valence-corrected chi connectivity index (χ2v) is 13.8. The van der Waals surface area contributed by atoms with Gasteiger partial charge in [-0.15, -0.1) is 0 Å². The fourth-order valence-electron chi connectivity index (χ4n) is 6.20. The number of rotatable bonds is 32. The number of hydrogen-bond donors (Lipinski definition) is 3. The molecule has 0 aliphatic carbocycles. The van der Waals surface area contributed by atoms with Gasteiger partial charge in [0.1, 0.15) is 31.5 Å². The van der Waals surface area contributed by atoms with Crippen molar-refractivity contribution in [2.75, 3.05) is 13.2 Å². The van der Waals surface area contributed by atoms with Crippen LogP contribution in [-0.4, -0.2) is 64.6 Å². The summed E-state index contributed by atoms with van der Waals surface area (Å²) in [7, 11) is 0. The number of aliphatic hydroxyl groups excluding tert-OH is 2. The molecule has 1 rings (SSSR count). The third kappa shape index (κ3) is 21.6. The van der Waals surface area contributed by atoms with Crippen LogP contribution in [0.4, 0.5) is 0 Å². The average molecular weight is 657 g/mol. The molecule has 8 nitrogen and oxygen atoms in total. The number of hydrogen-bond acceptors (Lipinski definition) is 8. The van der Waals surface area contributed by atoms with Crippen molar-refractivity contribution < 1.29 is 39.1 Å². The van der Waals surface area contributed by atoms with Crippen LogP contribution in [0.15, 0.2) is 0 Å². The van der Waals surface area contributed by atoms with Crippen LogP contribution in [-0.2, 0) is 23.8 Å². The zero-order chi connectivity index (χ0) is 33.7. The summed E-state index contributed by atoms with van der Waals surface area (Å²) in [5, 5.41) is 31.4. The maximum absolute atomic E-state index is 12.2. The van der Waals surface area contributed by atoms with Crippen molar-refractivity contribution in [3.05, 3.63) is 0 Å². The van der Waals surface area contributed by atoms with E-state index in [2.05, 4.69) is 13.8 Å². The summed E-state index contributed by atoms with van der Waals surface area (Å²) in [6, 6.07) is 0. The Labute approximate surface area is 281 Å². The largest absolute Gasteiger partial charge is 0.463 e. The van der Waals surface area contributed by atoms with Gasteiger partial charge in [-0.2, -0.15) is 0 Å². The lowest BCUT2D eigenvalue weighted by atomic mass is 10.0. The van der Waals surface area contributed by atoms with Crippen molar-refractivity contribution in [3.8, 4) is 0 Å². The smallest absolute Gasteiger partial charge is 0.305 e. The van der Waals surface area contributed by atoms with Gasteiger partial charge >= 0.3 is 11.9 Å². The topological polar surface area (TPSA) is 123 Å². The van der Waals surface area contributed by atoms with E-state index < -0.39 is 42.6 Å². The SMILES string of the molecule is CCCCCCCCCCCCCCCC(=O)OC[C@H]1O[C@@](O)(COC(=O)CCCCCCCCCCCCCCC)[C@@H](O)[C@@H]1O. The number of unbranched alkanes of at least 4 members (excludes halogenated alkanes) is 24. The minimum Gasteiger partial charge on any atom is -0.463 e. The molecule has 0 radical (unpaired) electrons. The van der Waals surface area contributed by atoms with E-state index in [-0.39, 0.29) is 19.4 Å². The fourth-order valence-corrected chi connectivity index (χ4v) is 6.20. The molecule has 1 heterocycles. The molecule has 272 valence electrons. The Bertz CT molecular complexity index is 731. The summed E-state index contributed by atoms with van der Waals surface area (Å²) in [6.45, 7) is 3.61. The first kappa shape index (κ1) is 42.8. The molecule has 0 amide bonds. The molecule has 0 unspecified atom stereocenters. The van der Waals surface area contributed by atoms with Gasteiger partial charge < -0.3 is 29.5 Å². The van der Waals surface area contributed by atoms with Crippen LogP contribution < -0.4 is 0 Å². The molecule has 4 atom stereocenters. The van der Waals surface area contributed by atoms with E-state index in [1.807, 2.05) is 0 Å². The van der Waals surface area contributed by atoms with E-state index in [1.54, 1.807) is 0 Å². The van der Waals surface area contributed by atoms with Crippen LogP contribution in [0, 0.1) is 0 Å². The van der Waals surface area contributed by atoms with Gasteiger partial charge in [-0.3, -0.25) is 9.59 Å². The highest BCUT2D eigenvalue weighted by molar-refractivity contribution is 5.69. The summed E-state index contributed by atoms with van der Waals surface area (Å²) >= 11 is 0. The van der Waals surface area contributed by atoms with Crippen molar-refractivity contribution in [3.63, 3.8) is 0 Å². The number of carbonyl (C=O) groups is 2. The lowest BCUT2D eigenvalue weighted by molar-refractivity contribution is -0.253. The fraction of sp³-hybridized carbons (Fsp3) is 0.947. The van der Waals surface area contributed by atoms with Gasteiger partial charge in [0.2, 0.25) is 5.79 Å². The maximum atomic E-state index is 12.2. The quantitative estimate of drug-likeness (QED) is 0.0485. The number of aliphatic hydroxyl groups is 3. The summed E-state index contributed by atoms with van der Waals surface area (Å²) in [5.41, 5.74) is 0. The third-order valence-electron chi connectivity index (χ3n) is 9.34. The molecule has 0 aromatic carbocycles. The third-order valence-corrected chi connectivity index (χ3v) is 9.34. The first-order valence-corrected chi connectivity index (χ1v) is 19.4. The molecular formula is C38H72O8. The Balaban J connectivity index is 2.05. The predicted octanol–water partition coefficient (Wildman–Crippen LogP) is 8.84. The Morgan fingerprint density at radius 2 is 0.870 bits per heavy atom. The Morgan fingerprint density at radius 1 is 0.543 bits per heavy atom. The van der Waals surface area contributed by atoms with Gasteiger partial charge in [-0.1, -0.05) is 168 Å². The monoisotopic (exact) mass is 657 g/mol. The molecule has 0 saturated carbocycles. The average Bonchev–Trinajstić information content (AvgIpc) is 3.27. The second-order valence-electron chi connectivity index (χ2n) is 13.8. The normalized spacial score (nSPS) is 21.1. The van der Waals surface area contributed by atoms with Crippen LogP contribution in [0.3, 0.4) is 0 Å². The summed E-state index contributed by atoms with van der Waals surface area (Å²) in [4.78, 5) is 24.4. The van der Waals surface area contributed by atoms with Crippen LogP contribution in [0.5, 0.6) is 0 Å². The van der Waals surface area contributed by atoms with Gasteiger partial charge in [0, 0.05) is 12.8 Å². The molecule has 46 heavy (non-hydrogen) atoms. The van der Waals surface area contributed by atoms with Gasteiger partial charge in [0.05, 0.1) is 0 Å². The van der Waals surface area contributed by atoms with Gasteiger partial charge in [0.25, 0.3) is 0 Å². The minimum atomic E-state index is -2.24. The summed E-state index contributed by atoms with van der Waals surface area (Å²) in [5.74, 6) is -3.11. The van der Waals surface area contributed by atoms with Crippen molar-refractivity contribution in [2.24, 2.45) is 0 Å². The van der Waals surface area contributed by atoms with Crippen molar-refractivity contribution in [1.82, 2.24) is 0 Å². The number of carbonyl (C=O) groups excluding carboxylic acids is 2. The Kier molecular flexibility index (Phi) is 26.8. The van der Waals surface area contributed by atoms with Gasteiger partial charge in [-0.25, -0.2) is 0 Å². The molecule has 1 aliphatic rings. The number of ether oxygens (including phenoxy) is 3. The van der Waals surface area contributed by atoms with Crippen molar-refractivity contribution >= 4 is 11.9 Å². The lowest BCUT2D eigenvalue weighted by Crippen LogP contribution is -2.47. The van der Waals surface area contributed by atoms with E-state index in [9.17, 15) is 24.9 Å². The zero-order valence-electron chi connectivity index (χ0n) is 29.8. The number of esters is 2. The summed E-state index contributed by atoms with van der Waals surface area (Å²) < 4.78 is 15.8. The van der Waals surface area contributed by atoms with E-state index >= 15 is 0 Å². The van der Waals surface area contributed by atoms with E-state index in [1.165, 1.54) is 128 Å². The van der Waals surface area contributed by atoms with Crippen LogP contribution in [0.2, 0.25) is 0 Å². The standard InChI is InChI=1S/C38H72O8/c1-3-5-7-9-11-13-15-17-19-21-23-25-27-29-34(39)44-31-33-36(41)37(42)38(43,46-33)32-45-35(40)30-28-26-24-22-20-18-16-14-12-10-8-6-4-2/h33,36-37,41-43H,3-32H2,1-2H3/t33-,36-,37+,38+/m1/s1. The molecule has 0 aromatic heterocycles. The van der Waals surface area contributed by atoms with Gasteiger partial charge in [-0.05, 0) is 12.8 Å². The molecule has 1 saturated heterocycles. The van der Waals surface area contributed by atoms with E-state index in [4.69, 9.17) is 14.2 Å². The molecule has 1 fully saturated rings. The predicted molar refractivity (Wildman–Crippen MR) is 184 cm³/mol. The molecule has 1 aliphatic heterocycles.